The average molecular weight is 259 g/mol. The van der Waals surface area contributed by atoms with Crippen LogP contribution in [-0.2, 0) is 9.53 Å². The molecule has 5 heteroatoms. The number of esters is 1. The Hall–Kier alpha value is -2.26. The molecule has 0 aliphatic rings. The molecule has 1 unspecified atom stereocenters. The highest BCUT2D eigenvalue weighted by Gasteiger charge is 2.22. The largest absolute Gasteiger partial charge is 0.459 e. The minimum absolute atomic E-state index is 0.558. The second kappa shape index (κ2) is 6.61. The topological polar surface area (TPSA) is 75.1 Å². The predicted molar refractivity (Wildman–Crippen MR) is 74.3 cm³/mol. The molecule has 1 rings (SSSR count). The molecule has 1 aromatic carbocycles. The van der Waals surface area contributed by atoms with Gasteiger partial charge in [0.25, 0.3) is 0 Å². The van der Waals surface area contributed by atoms with E-state index in [1.807, 2.05) is 30.3 Å². The van der Waals surface area contributed by atoms with Crippen molar-refractivity contribution in [1.82, 2.24) is 0 Å². The van der Waals surface area contributed by atoms with Crippen LogP contribution in [0.3, 0.4) is 0 Å². The van der Waals surface area contributed by atoms with E-state index in [0.717, 1.165) is 5.56 Å². The summed E-state index contributed by atoms with van der Waals surface area (Å²) in [5.74, 6) is -0.558. The number of rotatable bonds is 4. The van der Waals surface area contributed by atoms with Gasteiger partial charge in [0.1, 0.15) is 5.60 Å². The number of nitrogens with zero attached hydrogens (tertiary/aromatic N) is 3. The molecule has 0 bridgehead atoms. The summed E-state index contributed by atoms with van der Waals surface area (Å²) in [5.41, 5.74) is 8.81. The van der Waals surface area contributed by atoms with Crippen LogP contribution in [0.2, 0.25) is 0 Å². The molecule has 0 fully saturated rings. The van der Waals surface area contributed by atoms with Crippen molar-refractivity contribution in [2.45, 2.75) is 32.4 Å². The standard InChI is InChI=1S/C14H17N3O2/c1-14(2,3)19-13(18)12(16-17-15)10-9-11-7-5-4-6-8-11/h4-10,12H,1-3H3/b10-9+. The van der Waals surface area contributed by atoms with Crippen molar-refractivity contribution in [3.8, 4) is 0 Å². The van der Waals surface area contributed by atoms with Crippen LogP contribution >= 0.6 is 0 Å². The van der Waals surface area contributed by atoms with E-state index in [1.54, 1.807) is 26.8 Å². The van der Waals surface area contributed by atoms with Crippen LogP contribution < -0.4 is 0 Å². The summed E-state index contributed by atoms with van der Waals surface area (Å²) in [6.45, 7) is 5.29. The molecule has 0 aliphatic carbocycles. The maximum Gasteiger partial charge on any atom is 0.319 e. The van der Waals surface area contributed by atoms with Gasteiger partial charge in [-0.15, -0.1) is 0 Å². The van der Waals surface area contributed by atoms with Crippen molar-refractivity contribution in [3.05, 3.63) is 52.4 Å². The van der Waals surface area contributed by atoms with Crippen LogP contribution in [0.1, 0.15) is 26.3 Å². The molecule has 1 atom stereocenters. The number of carbonyl (C=O) groups excluding carboxylic acids is 1. The molecule has 1 aromatic rings. The first-order chi connectivity index (χ1) is 8.92. The van der Waals surface area contributed by atoms with Gasteiger partial charge in [0.05, 0.1) is 0 Å². The van der Waals surface area contributed by atoms with Crippen LogP contribution in [-0.4, -0.2) is 17.6 Å². The highest BCUT2D eigenvalue weighted by Crippen LogP contribution is 2.12. The Kier molecular flexibility index (Phi) is 5.15. The van der Waals surface area contributed by atoms with Gasteiger partial charge in [-0.2, -0.15) is 0 Å². The van der Waals surface area contributed by atoms with Gasteiger partial charge in [-0.3, -0.25) is 4.79 Å². The second-order valence-corrected chi connectivity index (χ2v) is 4.95. The van der Waals surface area contributed by atoms with E-state index < -0.39 is 17.6 Å². The van der Waals surface area contributed by atoms with Crippen molar-refractivity contribution in [2.75, 3.05) is 0 Å². The van der Waals surface area contributed by atoms with E-state index in [9.17, 15) is 4.79 Å². The summed E-state index contributed by atoms with van der Waals surface area (Å²) in [6, 6.07) is 8.49. The Balaban J connectivity index is 2.81. The van der Waals surface area contributed by atoms with Gasteiger partial charge in [0.2, 0.25) is 0 Å². The number of ether oxygens (including phenoxy) is 1. The minimum Gasteiger partial charge on any atom is -0.459 e. The van der Waals surface area contributed by atoms with E-state index >= 15 is 0 Å². The van der Waals surface area contributed by atoms with Crippen LogP contribution in [0.4, 0.5) is 0 Å². The summed E-state index contributed by atoms with van der Waals surface area (Å²) in [6.07, 6.45) is 3.26. The molecule has 0 N–H and O–H groups in total. The van der Waals surface area contributed by atoms with E-state index in [-0.39, 0.29) is 0 Å². The fraction of sp³-hybridized carbons (Fsp3) is 0.357. The Morgan fingerprint density at radius 2 is 2.00 bits per heavy atom. The lowest BCUT2D eigenvalue weighted by Gasteiger charge is -2.20. The first-order valence-corrected chi connectivity index (χ1v) is 5.93. The normalized spacial score (nSPS) is 12.8. The monoisotopic (exact) mass is 259 g/mol. The van der Waals surface area contributed by atoms with Gasteiger partial charge < -0.3 is 4.74 Å². The lowest BCUT2D eigenvalue weighted by molar-refractivity contribution is -0.155. The average Bonchev–Trinajstić information content (AvgIpc) is 2.33. The van der Waals surface area contributed by atoms with Gasteiger partial charge in [-0.05, 0) is 31.9 Å². The SMILES string of the molecule is CC(C)(C)OC(=O)C(/C=C/c1ccccc1)N=[N+]=[N-]. The third-order valence-corrected chi connectivity index (χ3v) is 2.09. The van der Waals surface area contributed by atoms with Gasteiger partial charge in [0, 0.05) is 4.91 Å². The van der Waals surface area contributed by atoms with Crippen molar-refractivity contribution in [1.29, 1.82) is 0 Å². The molecule has 0 amide bonds. The number of benzene rings is 1. The van der Waals surface area contributed by atoms with Gasteiger partial charge in [0.15, 0.2) is 6.04 Å². The molecule has 0 aromatic heterocycles. The Labute approximate surface area is 112 Å². The molecule has 0 saturated heterocycles. The number of carbonyl (C=O) groups is 1. The van der Waals surface area contributed by atoms with Gasteiger partial charge >= 0.3 is 5.97 Å². The van der Waals surface area contributed by atoms with E-state index in [2.05, 4.69) is 10.0 Å². The predicted octanol–water partition coefficient (Wildman–Crippen LogP) is 3.72. The Morgan fingerprint density at radius 3 is 2.53 bits per heavy atom. The molecule has 0 radical (unpaired) electrons. The molecule has 100 valence electrons. The summed E-state index contributed by atoms with van der Waals surface area (Å²) >= 11 is 0. The summed E-state index contributed by atoms with van der Waals surface area (Å²) in [7, 11) is 0. The molecule has 0 heterocycles. The van der Waals surface area contributed by atoms with E-state index in [4.69, 9.17) is 10.3 Å². The van der Waals surface area contributed by atoms with Crippen LogP contribution in [0, 0.1) is 0 Å². The van der Waals surface area contributed by atoms with Crippen LogP contribution in [0.25, 0.3) is 16.5 Å². The van der Waals surface area contributed by atoms with E-state index in [0.29, 0.717) is 0 Å². The molecular formula is C14H17N3O2. The van der Waals surface area contributed by atoms with Crippen LogP contribution in [0.15, 0.2) is 41.5 Å². The first-order valence-electron chi connectivity index (χ1n) is 5.93. The summed E-state index contributed by atoms with van der Waals surface area (Å²) < 4.78 is 5.19. The number of hydrogen-bond acceptors (Lipinski definition) is 3. The smallest absolute Gasteiger partial charge is 0.319 e. The summed E-state index contributed by atoms with van der Waals surface area (Å²) in [4.78, 5) is 14.5. The quantitative estimate of drug-likeness (QED) is 0.357. The molecule has 0 spiro atoms. The molecule has 19 heavy (non-hydrogen) atoms. The first kappa shape index (κ1) is 14.8. The van der Waals surface area contributed by atoms with Crippen molar-refractivity contribution in [3.63, 3.8) is 0 Å². The highest BCUT2D eigenvalue weighted by molar-refractivity contribution is 5.80. The molecular weight excluding hydrogens is 242 g/mol. The zero-order valence-electron chi connectivity index (χ0n) is 11.3. The Morgan fingerprint density at radius 1 is 1.37 bits per heavy atom. The van der Waals surface area contributed by atoms with Gasteiger partial charge in [-0.1, -0.05) is 47.6 Å². The maximum absolute atomic E-state index is 11.8. The maximum atomic E-state index is 11.8. The fourth-order valence-electron chi connectivity index (χ4n) is 1.35. The number of hydrogen-bond donors (Lipinski definition) is 0. The zero-order valence-corrected chi connectivity index (χ0v) is 11.3. The Bertz CT molecular complexity index is 497. The zero-order chi connectivity index (χ0) is 14.3. The highest BCUT2D eigenvalue weighted by atomic mass is 16.6. The van der Waals surface area contributed by atoms with Crippen molar-refractivity contribution < 1.29 is 9.53 Å². The lowest BCUT2D eigenvalue weighted by Crippen LogP contribution is -2.29. The van der Waals surface area contributed by atoms with Crippen molar-refractivity contribution in [2.24, 2.45) is 5.11 Å². The third kappa shape index (κ3) is 5.75. The lowest BCUT2D eigenvalue weighted by atomic mass is 10.1. The molecule has 0 saturated carbocycles. The minimum atomic E-state index is -0.954. The van der Waals surface area contributed by atoms with E-state index in [1.165, 1.54) is 6.08 Å². The summed E-state index contributed by atoms with van der Waals surface area (Å²) in [5, 5.41) is 3.44. The molecule has 5 nitrogen and oxygen atoms in total. The number of azide groups is 1. The van der Waals surface area contributed by atoms with Crippen molar-refractivity contribution >= 4 is 12.0 Å². The third-order valence-electron chi connectivity index (χ3n) is 2.09. The fourth-order valence-corrected chi connectivity index (χ4v) is 1.35. The second-order valence-electron chi connectivity index (χ2n) is 4.95. The van der Waals surface area contributed by atoms with Gasteiger partial charge in [-0.25, -0.2) is 0 Å². The molecule has 0 aliphatic heterocycles. The van der Waals surface area contributed by atoms with Crippen LogP contribution in [0.5, 0.6) is 0 Å².